The number of aryl methyl sites for hydroxylation is 2. The molecule has 2 heterocycles. The first kappa shape index (κ1) is 20.5. The lowest BCUT2D eigenvalue weighted by molar-refractivity contribution is 0.155. The van der Waals surface area contributed by atoms with Gasteiger partial charge in [0.25, 0.3) is 0 Å². The van der Waals surface area contributed by atoms with Gasteiger partial charge in [-0.25, -0.2) is 19.3 Å². The Labute approximate surface area is 179 Å². The fourth-order valence-electron chi connectivity index (χ4n) is 3.76. The molecule has 1 aromatic carbocycles. The maximum atomic E-state index is 13.1. The number of hydrogen-bond acceptors (Lipinski definition) is 6. The maximum Gasteiger partial charge on any atom is 0.158 e. The van der Waals surface area contributed by atoms with Crippen molar-refractivity contribution in [3.8, 4) is 5.75 Å². The molecule has 3 aromatic rings. The molecule has 30 heavy (non-hydrogen) atoms. The molecule has 2 aromatic heterocycles. The minimum atomic E-state index is -0.888. The molecule has 0 spiro atoms. The van der Waals surface area contributed by atoms with E-state index < -0.39 is 17.5 Å². The number of ether oxygens (including phenoxy) is 1. The van der Waals surface area contributed by atoms with Crippen molar-refractivity contribution in [3.63, 3.8) is 0 Å². The van der Waals surface area contributed by atoms with E-state index in [-0.39, 0.29) is 5.92 Å². The van der Waals surface area contributed by atoms with Crippen molar-refractivity contribution in [2.24, 2.45) is 5.92 Å². The van der Waals surface area contributed by atoms with Gasteiger partial charge in [-0.2, -0.15) is 0 Å². The van der Waals surface area contributed by atoms with E-state index in [2.05, 4.69) is 20.3 Å². The van der Waals surface area contributed by atoms with Crippen LogP contribution in [0.5, 0.6) is 5.75 Å². The number of rotatable bonds is 7. The monoisotopic (exact) mass is 428 g/mol. The summed E-state index contributed by atoms with van der Waals surface area (Å²) in [4.78, 5) is 12.5. The average Bonchev–Trinajstić information content (AvgIpc) is 3.45. The van der Waals surface area contributed by atoms with Gasteiger partial charge < -0.3 is 15.2 Å². The van der Waals surface area contributed by atoms with Crippen LogP contribution in [0, 0.1) is 25.6 Å². The summed E-state index contributed by atoms with van der Waals surface area (Å²) in [7, 11) is 0. The summed E-state index contributed by atoms with van der Waals surface area (Å²) in [5.41, 5.74) is 1.31. The van der Waals surface area contributed by atoms with Crippen molar-refractivity contribution in [2.75, 3.05) is 11.9 Å². The fraction of sp³-hybridized carbons (Fsp3) is 0.318. The Balaban J connectivity index is 1.55. The van der Waals surface area contributed by atoms with Crippen molar-refractivity contribution >= 4 is 17.4 Å². The van der Waals surface area contributed by atoms with Crippen LogP contribution < -0.4 is 10.1 Å². The van der Waals surface area contributed by atoms with Gasteiger partial charge in [-0.05, 0) is 50.1 Å². The molecule has 3 unspecified atom stereocenters. The van der Waals surface area contributed by atoms with Gasteiger partial charge in [0.05, 0.1) is 24.7 Å². The van der Waals surface area contributed by atoms with Crippen LogP contribution in [-0.4, -0.2) is 32.9 Å². The van der Waals surface area contributed by atoms with E-state index >= 15 is 0 Å². The Kier molecular flexibility index (Phi) is 5.58. The van der Waals surface area contributed by atoms with Crippen LogP contribution >= 0.6 is 11.6 Å². The van der Waals surface area contributed by atoms with Crippen LogP contribution in [0.25, 0.3) is 0 Å². The van der Waals surface area contributed by atoms with Crippen LogP contribution in [0.3, 0.4) is 0 Å². The molecule has 1 fully saturated rings. The Morgan fingerprint density at radius 1 is 1.27 bits per heavy atom. The molecule has 1 aliphatic carbocycles. The SMILES string of the molecule is Cc1ncc(OCC2(c3cccc(Cl)c3)CC2C(O)Nc2ccc(F)cn2)c(C)n1. The first-order chi connectivity index (χ1) is 14.4. The van der Waals surface area contributed by atoms with Gasteiger partial charge in [0.2, 0.25) is 0 Å². The minimum absolute atomic E-state index is 0.144. The van der Waals surface area contributed by atoms with E-state index in [0.717, 1.165) is 17.5 Å². The largest absolute Gasteiger partial charge is 0.489 e. The third-order valence-corrected chi connectivity index (χ3v) is 5.71. The number of anilines is 1. The summed E-state index contributed by atoms with van der Waals surface area (Å²) in [5, 5.41) is 14.4. The number of nitrogens with zero attached hydrogens (tertiary/aromatic N) is 3. The van der Waals surface area contributed by atoms with Gasteiger partial charge in [0, 0.05) is 16.4 Å². The highest BCUT2D eigenvalue weighted by Crippen LogP contribution is 2.56. The standard InChI is InChI=1S/C22H22ClFN4O2/c1-13-19(11-25-14(2)27-13)30-12-22(15-4-3-5-16(23)8-15)9-18(22)21(29)28-20-7-6-17(24)10-26-20/h3-8,10-11,18,21,29H,9,12H2,1-2H3,(H,26,28). The van der Waals surface area contributed by atoms with Crippen molar-refractivity contribution in [1.82, 2.24) is 15.0 Å². The molecule has 4 rings (SSSR count). The fourth-order valence-corrected chi connectivity index (χ4v) is 3.95. The summed E-state index contributed by atoms with van der Waals surface area (Å²) in [6.07, 6.45) is 2.57. The number of aliphatic hydroxyl groups is 1. The molecule has 3 atom stereocenters. The van der Waals surface area contributed by atoms with Gasteiger partial charge >= 0.3 is 0 Å². The van der Waals surface area contributed by atoms with E-state index in [1.165, 1.54) is 12.1 Å². The highest BCUT2D eigenvalue weighted by molar-refractivity contribution is 6.30. The summed E-state index contributed by atoms with van der Waals surface area (Å²) < 4.78 is 19.2. The van der Waals surface area contributed by atoms with Crippen molar-refractivity contribution < 1.29 is 14.2 Å². The number of nitrogens with one attached hydrogen (secondary N) is 1. The molecule has 0 amide bonds. The van der Waals surface area contributed by atoms with Crippen LogP contribution in [-0.2, 0) is 5.41 Å². The lowest BCUT2D eigenvalue weighted by Gasteiger charge is -2.22. The molecule has 0 aliphatic heterocycles. The number of benzene rings is 1. The van der Waals surface area contributed by atoms with Crippen molar-refractivity contribution in [3.05, 3.63) is 76.7 Å². The third-order valence-electron chi connectivity index (χ3n) is 5.48. The zero-order valence-corrected chi connectivity index (χ0v) is 17.4. The molecule has 2 N–H and O–H groups in total. The number of halogens is 2. The molecule has 0 radical (unpaired) electrons. The highest BCUT2D eigenvalue weighted by Gasteiger charge is 2.59. The predicted octanol–water partition coefficient (Wildman–Crippen LogP) is 4.05. The van der Waals surface area contributed by atoms with Crippen LogP contribution in [0.1, 0.15) is 23.5 Å². The molecule has 0 bridgehead atoms. The molecule has 1 saturated carbocycles. The first-order valence-electron chi connectivity index (χ1n) is 9.63. The molecule has 0 saturated heterocycles. The van der Waals surface area contributed by atoms with Gasteiger partial charge in [0.15, 0.2) is 5.75 Å². The molecule has 156 valence electrons. The normalized spacial score (nSPS) is 21.2. The van der Waals surface area contributed by atoms with Gasteiger partial charge in [-0.15, -0.1) is 0 Å². The second kappa shape index (κ2) is 8.16. The van der Waals surface area contributed by atoms with E-state index in [1.807, 2.05) is 38.1 Å². The predicted molar refractivity (Wildman–Crippen MR) is 112 cm³/mol. The van der Waals surface area contributed by atoms with E-state index in [9.17, 15) is 9.50 Å². The zero-order chi connectivity index (χ0) is 21.3. The molecule has 1 aliphatic rings. The summed E-state index contributed by atoms with van der Waals surface area (Å²) >= 11 is 6.23. The smallest absolute Gasteiger partial charge is 0.158 e. The van der Waals surface area contributed by atoms with Crippen molar-refractivity contribution in [1.29, 1.82) is 0 Å². The molecular weight excluding hydrogens is 407 g/mol. The quantitative estimate of drug-likeness (QED) is 0.553. The Morgan fingerprint density at radius 3 is 2.80 bits per heavy atom. The molecular formula is C22H22ClFN4O2. The third kappa shape index (κ3) is 4.22. The maximum absolute atomic E-state index is 13.1. The summed E-state index contributed by atoms with van der Waals surface area (Å²) in [5.74, 6) is 1.11. The topological polar surface area (TPSA) is 80.2 Å². The number of hydrogen-bond donors (Lipinski definition) is 2. The molecule has 6 nitrogen and oxygen atoms in total. The minimum Gasteiger partial charge on any atom is -0.489 e. The van der Waals surface area contributed by atoms with Gasteiger partial charge in [-0.3, -0.25) is 0 Å². The average molecular weight is 429 g/mol. The van der Waals surface area contributed by atoms with Crippen molar-refractivity contribution in [2.45, 2.75) is 31.9 Å². The first-order valence-corrected chi connectivity index (χ1v) is 10.0. The van der Waals surface area contributed by atoms with Crippen LogP contribution in [0.4, 0.5) is 10.2 Å². The summed E-state index contributed by atoms with van der Waals surface area (Å²) in [6.45, 7) is 4.03. The number of aliphatic hydroxyl groups excluding tert-OH is 1. The van der Waals surface area contributed by atoms with E-state index in [1.54, 1.807) is 6.20 Å². The Hall–Kier alpha value is -2.77. The second-order valence-electron chi connectivity index (χ2n) is 7.58. The summed E-state index contributed by atoms with van der Waals surface area (Å²) in [6, 6.07) is 10.4. The molecule has 8 heteroatoms. The lowest BCUT2D eigenvalue weighted by atomic mass is 9.93. The Bertz CT molecular complexity index is 1050. The zero-order valence-electron chi connectivity index (χ0n) is 16.6. The number of aromatic nitrogens is 3. The highest BCUT2D eigenvalue weighted by atomic mass is 35.5. The van der Waals surface area contributed by atoms with Gasteiger partial charge in [0.1, 0.15) is 23.7 Å². The van der Waals surface area contributed by atoms with E-state index in [0.29, 0.717) is 35.4 Å². The van der Waals surface area contributed by atoms with Crippen LogP contribution in [0.2, 0.25) is 5.02 Å². The number of pyridine rings is 1. The van der Waals surface area contributed by atoms with Gasteiger partial charge in [-0.1, -0.05) is 23.7 Å². The lowest BCUT2D eigenvalue weighted by Crippen LogP contribution is -2.30. The second-order valence-corrected chi connectivity index (χ2v) is 8.02. The Morgan fingerprint density at radius 2 is 2.10 bits per heavy atom. The van der Waals surface area contributed by atoms with E-state index in [4.69, 9.17) is 16.3 Å². The van der Waals surface area contributed by atoms with Crippen LogP contribution in [0.15, 0.2) is 48.8 Å².